The number of nitriles is 1. The zero-order valence-corrected chi connectivity index (χ0v) is 9.73. The maximum absolute atomic E-state index is 11.7. The molecule has 0 atom stereocenters. The van der Waals surface area contributed by atoms with Gasteiger partial charge in [-0.1, -0.05) is 18.2 Å². The molecule has 0 aliphatic heterocycles. The maximum Gasteiger partial charge on any atom is 0.316 e. The summed E-state index contributed by atoms with van der Waals surface area (Å²) in [5.41, 5.74) is 1.57. The smallest absolute Gasteiger partial charge is 0.316 e. The molecule has 2 amide bonds. The standard InChI is InChI=1S/C12H13N3O2/c1-9-5-3-4-6-10(9)15(2)12(17)11(16)14-8-7-13/h3-6H,8H2,1-2H3,(H,14,16). The number of para-hydroxylation sites is 1. The minimum Gasteiger partial charge on any atom is -0.335 e. The molecule has 0 aromatic heterocycles. The molecule has 0 spiro atoms. The van der Waals surface area contributed by atoms with Gasteiger partial charge in [-0.15, -0.1) is 0 Å². The molecule has 0 aliphatic rings. The topological polar surface area (TPSA) is 73.2 Å². The third-order valence-electron chi connectivity index (χ3n) is 2.30. The van der Waals surface area contributed by atoms with E-state index in [0.29, 0.717) is 5.69 Å². The van der Waals surface area contributed by atoms with Gasteiger partial charge in [-0.3, -0.25) is 9.59 Å². The van der Waals surface area contributed by atoms with E-state index < -0.39 is 11.8 Å². The summed E-state index contributed by atoms with van der Waals surface area (Å²) in [5.74, 6) is -1.47. The Morgan fingerprint density at radius 3 is 2.65 bits per heavy atom. The van der Waals surface area contributed by atoms with Crippen LogP contribution in [0.5, 0.6) is 0 Å². The lowest BCUT2D eigenvalue weighted by atomic mass is 10.2. The minimum atomic E-state index is -0.780. The van der Waals surface area contributed by atoms with E-state index in [1.165, 1.54) is 11.9 Å². The van der Waals surface area contributed by atoms with Crippen molar-refractivity contribution in [1.82, 2.24) is 5.32 Å². The van der Waals surface area contributed by atoms with Crippen molar-refractivity contribution in [3.05, 3.63) is 29.8 Å². The van der Waals surface area contributed by atoms with Crippen LogP contribution in [0.3, 0.4) is 0 Å². The average molecular weight is 231 g/mol. The number of amides is 2. The normalized spacial score (nSPS) is 9.24. The van der Waals surface area contributed by atoms with Crippen molar-refractivity contribution in [2.24, 2.45) is 0 Å². The Kier molecular flexibility index (Phi) is 4.23. The maximum atomic E-state index is 11.7. The highest BCUT2D eigenvalue weighted by atomic mass is 16.2. The highest BCUT2D eigenvalue weighted by Crippen LogP contribution is 2.17. The number of carbonyl (C=O) groups excluding carboxylic acids is 2. The summed E-state index contributed by atoms with van der Waals surface area (Å²) in [4.78, 5) is 24.3. The van der Waals surface area contributed by atoms with Crippen molar-refractivity contribution >= 4 is 17.5 Å². The predicted octanol–water partition coefficient (Wildman–Crippen LogP) is 0.598. The van der Waals surface area contributed by atoms with E-state index in [9.17, 15) is 9.59 Å². The van der Waals surface area contributed by atoms with E-state index in [0.717, 1.165) is 5.56 Å². The van der Waals surface area contributed by atoms with E-state index >= 15 is 0 Å². The van der Waals surface area contributed by atoms with Gasteiger partial charge in [0.15, 0.2) is 0 Å². The summed E-state index contributed by atoms with van der Waals surface area (Å²) in [6.07, 6.45) is 0. The van der Waals surface area contributed by atoms with Crippen LogP contribution in [-0.2, 0) is 9.59 Å². The molecule has 5 heteroatoms. The van der Waals surface area contributed by atoms with Crippen LogP contribution in [0.25, 0.3) is 0 Å². The molecule has 17 heavy (non-hydrogen) atoms. The Balaban J connectivity index is 2.81. The minimum absolute atomic E-state index is 0.174. The zero-order chi connectivity index (χ0) is 12.8. The van der Waals surface area contributed by atoms with Crippen molar-refractivity contribution in [2.45, 2.75) is 6.92 Å². The highest BCUT2D eigenvalue weighted by molar-refractivity contribution is 6.40. The molecule has 0 saturated carbocycles. The first-order chi connectivity index (χ1) is 8.07. The van der Waals surface area contributed by atoms with Crippen LogP contribution in [-0.4, -0.2) is 25.4 Å². The number of nitrogens with zero attached hydrogens (tertiary/aromatic N) is 2. The molecule has 5 nitrogen and oxygen atoms in total. The van der Waals surface area contributed by atoms with Crippen molar-refractivity contribution in [2.75, 3.05) is 18.5 Å². The van der Waals surface area contributed by atoms with Crippen LogP contribution in [0.15, 0.2) is 24.3 Å². The van der Waals surface area contributed by atoms with Crippen LogP contribution < -0.4 is 10.2 Å². The van der Waals surface area contributed by atoms with Gasteiger partial charge in [0, 0.05) is 12.7 Å². The number of benzene rings is 1. The number of rotatable bonds is 2. The first kappa shape index (κ1) is 12.7. The van der Waals surface area contributed by atoms with Gasteiger partial charge in [-0.2, -0.15) is 5.26 Å². The van der Waals surface area contributed by atoms with E-state index in [1.807, 2.05) is 19.1 Å². The molecule has 0 saturated heterocycles. The van der Waals surface area contributed by atoms with Gasteiger partial charge in [-0.25, -0.2) is 0 Å². The van der Waals surface area contributed by atoms with Gasteiger partial charge >= 0.3 is 11.8 Å². The summed E-state index contributed by atoms with van der Waals surface area (Å²) < 4.78 is 0. The fraction of sp³-hybridized carbons (Fsp3) is 0.250. The molecule has 0 fully saturated rings. The SMILES string of the molecule is Cc1ccccc1N(C)C(=O)C(=O)NCC#N. The fourth-order valence-corrected chi connectivity index (χ4v) is 1.40. The molecule has 0 radical (unpaired) electrons. The predicted molar refractivity (Wildman–Crippen MR) is 63.2 cm³/mol. The molecule has 1 aromatic rings. The molecule has 0 bridgehead atoms. The number of carbonyl (C=O) groups is 2. The van der Waals surface area contributed by atoms with Crippen LogP contribution in [0.1, 0.15) is 5.56 Å². The van der Waals surface area contributed by atoms with Crippen LogP contribution >= 0.6 is 0 Å². The van der Waals surface area contributed by atoms with E-state index in [2.05, 4.69) is 5.32 Å². The average Bonchev–Trinajstić information content (AvgIpc) is 2.34. The number of nitrogens with one attached hydrogen (secondary N) is 1. The van der Waals surface area contributed by atoms with E-state index in [4.69, 9.17) is 5.26 Å². The monoisotopic (exact) mass is 231 g/mol. The molecule has 88 valence electrons. The lowest BCUT2D eigenvalue weighted by Crippen LogP contribution is -2.41. The summed E-state index contributed by atoms with van der Waals surface area (Å²) >= 11 is 0. The van der Waals surface area contributed by atoms with Gasteiger partial charge in [-0.05, 0) is 18.6 Å². The number of hydrogen-bond donors (Lipinski definition) is 1. The van der Waals surface area contributed by atoms with E-state index in [1.54, 1.807) is 18.2 Å². The van der Waals surface area contributed by atoms with Crippen molar-refractivity contribution in [3.63, 3.8) is 0 Å². The van der Waals surface area contributed by atoms with Crippen LogP contribution in [0, 0.1) is 18.3 Å². The van der Waals surface area contributed by atoms with E-state index in [-0.39, 0.29) is 6.54 Å². The fourth-order valence-electron chi connectivity index (χ4n) is 1.40. The summed E-state index contributed by atoms with van der Waals surface area (Å²) in [5, 5.41) is 10.5. The largest absolute Gasteiger partial charge is 0.335 e. The number of likely N-dealkylation sites (N-methyl/N-ethyl adjacent to an activating group) is 1. The molecule has 1 N–H and O–H groups in total. The van der Waals surface area contributed by atoms with Gasteiger partial charge in [0.25, 0.3) is 0 Å². The molecule has 0 unspecified atom stereocenters. The molecule has 0 heterocycles. The number of aryl methyl sites for hydroxylation is 1. The van der Waals surface area contributed by atoms with Crippen molar-refractivity contribution in [1.29, 1.82) is 5.26 Å². The Hall–Kier alpha value is -2.35. The van der Waals surface area contributed by atoms with Crippen LogP contribution in [0.2, 0.25) is 0 Å². The highest BCUT2D eigenvalue weighted by Gasteiger charge is 2.20. The second-order valence-corrected chi connectivity index (χ2v) is 3.49. The van der Waals surface area contributed by atoms with Crippen molar-refractivity contribution in [3.8, 4) is 6.07 Å². The first-order valence-corrected chi connectivity index (χ1v) is 5.06. The third-order valence-corrected chi connectivity index (χ3v) is 2.30. The van der Waals surface area contributed by atoms with Gasteiger partial charge in [0.2, 0.25) is 0 Å². The summed E-state index contributed by atoms with van der Waals surface area (Å²) in [6.45, 7) is 1.68. The van der Waals surface area contributed by atoms with Gasteiger partial charge in [0.1, 0.15) is 6.54 Å². The Morgan fingerprint density at radius 1 is 1.41 bits per heavy atom. The molecular formula is C12H13N3O2. The second kappa shape index (κ2) is 5.66. The third kappa shape index (κ3) is 3.05. The lowest BCUT2D eigenvalue weighted by molar-refractivity contribution is -0.137. The van der Waals surface area contributed by atoms with Gasteiger partial charge in [0.05, 0.1) is 6.07 Å². The zero-order valence-electron chi connectivity index (χ0n) is 9.73. The second-order valence-electron chi connectivity index (χ2n) is 3.49. The summed E-state index contributed by atoms with van der Waals surface area (Å²) in [6, 6.07) is 8.99. The molecule has 1 aromatic carbocycles. The Labute approximate surface area is 99.6 Å². The first-order valence-electron chi connectivity index (χ1n) is 5.06. The quantitative estimate of drug-likeness (QED) is 0.598. The molecular weight excluding hydrogens is 218 g/mol. The number of anilines is 1. The van der Waals surface area contributed by atoms with Crippen LogP contribution in [0.4, 0.5) is 5.69 Å². The van der Waals surface area contributed by atoms with Crippen molar-refractivity contribution < 1.29 is 9.59 Å². The Morgan fingerprint density at radius 2 is 2.06 bits per heavy atom. The number of hydrogen-bond acceptors (Lipinski definition) is 3. The molecule has 1 rings (SSSR count). The Bertz CT molecular complexity index is 477. The summed E-state index contributed by atoms with van der Waals surface area (Å²) in [7, 11) is 1.52. The van der Waals surface area contributed by atoms with Gasteiger partial charge < -0.3 is 10.2 Å². The lowest BCUT2D eigenvalue weighted by Gasteiger charge is -2.18. The molecule has 0 aliphatic carbocycles.